The molecule has 3 amide bonds. The second kappa shape index (κ2) is 8.78. The van der Waals surface area contributed by atoms with Crippen LogP contribution < -0.4 is 10.1 Å². The molecule has 1 fully saturated rings. The summed E-state index contributed by atoms with van der Waals surface area (Å²) in [5.74, 6) is 0.889. The summed E-state index contributed by atoms with van der Waals surface area (Å²) in [4.78, 5) is 27.4. The Morgan fingerprint density at radius 3 is 2.46 bits per heavy atom. The Labute approximate surface area is 147 Å². The van der Waals surface area contributed by atoms with Gasteiger partial charge in [0.25, 0.3) is 0 Å². The predicted octanol–water partition coefficient (Wildman–Crippen LogP) is 2.23. The molecule has 2 rings (SSSR count). The molecule has 0 atom stereocenters. The Morgan fingerprint density at radius 1 is 1.25 bits per heavy atom. The highest BCUT2D eigenvalue weighted by molar-refractivity contribution is 6.30. The molecule has 24 heavy (non-hydrogen) atoms. The van der Waals surface area contributed by atoms with E-state index in [0.717, 1.165) is 5.75 Å². The van der Waals surface area contributed by atoms with Crippen LogP contribution in [0.15, 0.2) is 24.3 Å². The molecule has 0 spiro atoms. The van der Waals surface area contributed by atoms with Crippen LogP contribution in [0.4, 0.5) is 4.79 Å². The molecule has 1 aromatic rings. The number of nitrogens with zero attached hydrogens (tertiary/aromatic N) is 2. The van der Waals surface area contributed by atoms with Crippen molar-refractivity contribution in [3.05, 3.63) is 29.3 Å². The summed E-state index contributed by atoms with van der Waals surface area (Å²) in [6.07, 6.45) is 1.43. The number of halogens is 1. The average molecular weight is 354 g/mol. The molecule has 6 nitrogen and oxygen atoms in total. The van der Waals surface area contributed by atoms with Gasteiger partial charge in [0.05, 0.1) is 6.54 Å². The highest BCUT2D eigenvalue weighted by atomic mass is 35.5. The van der Waals surface area contributed by atoms with E-state index in [1.807, 2.05) is 0 Å². The minimum atomic E-state index is -0.106. The summed E-state index contributed by atoms with van der Waals surface area (Å²) in [7, 11) is 3.53. The fourth-order valence-electron chi connectivity index (χ4n) is 2.66. The summed E-state index contributed by atoms with van der Waals surface area (Å²) < 4.78 is 5.53. The number of carbonyl (C=O) groups excluding carboxylic acids is 2. The first kappa shape index (κ1) is 18.4. The van der Waals surface area contributed by atoms with E-state index in [1.165, 1.54) is 0 Å². The molecule has 0 aromatic heterocycles. The van der Waals surface area contributed by atoms with Gasteiger partial charge in [0, 0.05) is 38.1 Å². The van der Waals surface area contributed by atoms with E-state index < -0.39 is 0 Å². The van der Waals surface area contributed by atoms with Gasteiger partial charge in [-0.25, -0.2) is 4.79 Å². The van der Waals surface area contributed by atoms with Crippen molar-refractivity contribution in [1.82, 2.24) is 15.1 Å². The molecule has 1 aliphatic heterocycles. The quantitative estimate of drug-likeness (QED) is 0.826. The molecule has 1 heterocycles. The summed E-state index contributed by atoms with van der Waals surface area (Å²) in [6.45, 7) is 2.03. The van der Waals surface area contributed by atoms with Crippen molar-refractivity contribution in [2.24, 2.45) is 5.92 Å². The Hall–Kier alpha value is -1.95. The number of rotatable bonds is 5. The Kier molecular flexibility index (Phi) is 6.73. The van der Waals surface area contributed by atoms with E-state index in [0.29, 0.717) is 44.1 Å². The van der Waals surface area contributed by atoms with Gasteiger partial charge in [0.2, 0.25) is 5.91 Å². The summed E-state index contributed by atoms with van der Waals surface area (Å²) in [6, 6.07) is 6.99. The lowest BCUT2D eigenvalue weighted by atomic mass is 9.96. The maximum Gasteiger partial charge on any atom is 0.317 e. The first-order valence-electron chi connectivity index (χ1n) is 8.09. The summed E-state index contributed by atoms with van der Waals surface area (Å²) >= 11 is 5.81. The van der Waals surface area contributed by atoms with Gasteiger partial charge in [-0.05, 0) is 37.1 Å². The number of nitrogens with one attached hydrogen (secondary N) is 1. The van der Waals surface area contributed by atoms with Crippen molar-refractivity contribution in [3.63, 3.8) is 0 Å². The lowest BCUT2D eigenvalue weighted by molar-refractivity contribution is -0.134. The van der Waals surface area contributed by atoms with E-state index in [4.69, 9.17) is 16.3 Å². The van der Waals surface area contributed by atoms with Crippen LogP contribution in [0, 0.1) is 5.92 Å². The number of urea groups is 1. The zero-order valence-corrected chi connectivity index (χ0v) is 14.9. The molecule has 0 saturated carbocycles. The lowest BCUT2D eigenvalue weighted by Crippen LogP contribution is -2.47. The number of benzene rings is 1. The number of hydrogen-bond acceptors (Lipinski definition) is 3. The van der Waals surface area contributed by atoms with E-state index in [9.17, 15) is 9.59 Å². The first-order chi connectivity index (χ1) is 11.5. The smallest absolute Gasteiger partial charge is 0.317 e. The Balaban J connectivity index is 1.65. The molecule has 0 unspecified atom stereocenters. The topological polar surface area (TPSA) is 61.9 Å². The van der Waals surface area contributed by atoms with Crippen LogP contribution >= 0.6 is 11.6 Å². The first-order valence-corrected chi connectivity index (χ1v) is 8.47. The zero-order chi connectivity index (χ0) is 17.5. The molecule has 0 radical (unpaired) electrons. The minimum absolute atomic E-state index is 0.0253. The van der Waals surface area contributed by atoms with Crippen LogP contribution in [0.25, 0.3) is 0 Å². The van der Waals surface area contributed by atoms with Crippen molar-refractivity contribution < 1.29 is 14.3 Å². The number of piperidine rings is 1. The molecule has 132 valence electrons. The monoisotopic (exact) mass is 353 g/mol. The SMILES string of the molecule is CN(C)C(=O)C1CCN(C(=O)NCCOc2ccc(Cl)cc2)CC1. The standard InChI is InChI=1S/C17H24ClN3O3/c1-20(2)16(22)13-7-10-21(11-8-13)17(23)19-9-12-24-15-5-3-14(18)4-6-15/h3-6,13H,7-12H2,1-2H3,(H,19,23). The van der Waals surface area contributed by atoms with Gasteiger partial charge in [-0.15, -0.1) is 0 Å². The van der Waals surface area contributed by atoms with E-state index >= 15 is 0 Å². The van der Waals surface area contributed by atoms with Crippen LogP contribution in [0.1, 0.15) is 12.8 Å². The van der Waals surface area contributed by atoms with Crippen LogP contribution in [-0.2, 0) is 4.79 Å². The normalized spacial score (nSPS) is 15.0. The lowest BCUT2D eigenvalue weighted by Gasteiger charge is -2.32. The number of carbonyl (C=O) groups is 2. The van der Waals surface area contributed by atoms with Gasteiger partial charge in [-0.3, -0.25) is 4.79 Å². The highest BCUT2D eigenvalue weighted by Gasteiger charge is 2.27. The second-order valence-electron chi connectivity index (χ2n) is 6.03. The van der Waals surface area contributed by atoms with Crippen molar-refractivity contribution in [3.8, 4) is 5.75 Å². The molecule has 0 aliphatic carbocycles. The van der Waals surface area contributed by atoms with Gasteiger partial charge in [-0.1, -0.05) is 11.6 Å². The van der Waals surface area contributed by atoms with E-state index in [2.05, 4.69) is 5.32 Å². The third-order valence-electron chi connectivity index (χ3n) is 4.03. The van der Waals surface area contributed by atoms with Crippen LogP contribution in [0.2, 0.25) is 5.02 Å². The molecular weight excluding hydrogens is 330 g/mol. The van der Waals surface area contributed by atoms with Gasteiger partial charge in [0.15, 0.2) is 0 Å². The van der Waals surface area contributed by atoms with E-state index in [1.54, 1.807) is 48.2 Å². The molecule has 0 bridgehead atoms. The number of likely N-dealkylation sites (tertiary alicyclic amines) is 1. The number of amides is 3. The maximum absolute atomic E-state index is 12.1. The van der Waals surface area contributed by atoms with Crippen molar-refractivity contribution in [1.29, 1.82) is 0 Å². The summed E-state index contributed by atoms with van der Waals surface area (Å²) in [5.41, 5.74) is 0. The van der Waals surface area contributed by atoms with Gasteiger partial charge in [-0.2, -0.15) is 0 Å². The third-order valence-corrected chi connectivity index (χ3v) is 4.28. The average Bonchev–Trinajstić information content (AvgIpc) is 2.59. The van der Waals surface area contributed by atoms with Gasteiger partial charge < -0.3 is 19.9 Å². The molecule has 1 N–H and O–H groups in total. The van der Waals surface area contributed by atoms with Crippen molar-refractivity contribution in [2.45, 2.75) is 12.8 Å². The van der Waals surface area contributed by atoms with Crippen LogP contribution in [0.3, 0.4) is 0 Å². The molecule has 1 saturated heterocycles. The third kappa shape index (κ3) is 5.30. The van der Waals surface area contributed by atoms with Crippen LogP contribution in [-0.4, -0.2) is 62.1 Å². The van der Waals surface area contributed by atoms with Gasteiger partial charge >= 0.3 is 6.03 Å². The van der Waals surface area contributed by atoms with Crippen molar-refractivity contribution >= 4 is 23.5 Å². The number of ether oxygens (including phenoxy) is 1. The van der Waals surface area contributed by atoms with Gasteiger partial charge in [0.1, 0.15) is 12.4 Å². The predicted molar refractivity (Wildman–Crippen MR) is 93.3 cm³/mol. The highest BCUT2D eigenvalue weighted by Crippen LogP contribution is 2.19. The van der Waals surface area contributed by atoms with Crippen LogP contribution in [0.5, 0.6) is 5.75 Å². The molecule has 1 aliphatic rings. The van der Waals surface area contributed by atoms with E-state index in [-0.39, 0.29) is 17.9 Å². The molecular formula is C17H24ClN3O3. The Bertz CT molecular complexity index is 555. The molecule has 1 aromatic carbocycles. The number of hydrogen-bond donors (Lipinski definition) is 1. The molecule has 7 heteroatoms. The Morgan fingerprint density at radius 2 is 1.88 bits per heavy atom. The largest absolute Gasteiger partial charge is 0.492 e. The second-order valence-corrected chi connectivity index (χ2v) is 6.46. The fourth-order valence-corrected chi connectivity index (χ4v) is 2.79. The zero-order valence-electron chi connectivity index (χ0n) is 14.1. The summed E-state index contributed by atoms with van der Waals surface area (Å²) in [5, 5.41) is 3.50. The fraction of sp³-hybridized carbons (Fsp3) is 0.529. The van der Waals surface area contributed by atoms with Crippen molar-refractivity contribution in [2.75, 3.05) is 40.3 Å². The maximum atomic E-state index is 12.1. The minimum Gasteiger partial charge on any atom is -0.492 e.